The molecule has 0 radical (unpaired) electrons. The zero-order chi connectivity index (χ0) is 48.2. The van der Waals surface area contributed by atoms with Gasteiger partial charge in [0.2, 0.25) is 35.4 Å². The monoisotopic (exact) mass is 920 g/mol. The molecule has 6 amide bonds. The fourth-order valence-corrected chi connectivity index (χ4v) is 8.78. The highest BCUT2D eigenvalue weighted by Crippen LogP contribution is 2.25. The topological polar surface area (TPSA) is 219 Å². The summed E-state index contributed by atoms with van der Waals surface area (Å²) in [5, 5.41) is 24.9. The van der Waals surface area contributed by atoms with Crippen LogP contribution >= 0.6 is 0 Å². The van der Waals surface area contributed by atoms with Gasteiger partial charge in [0.25, 0.3) is 0 Å². The van der Waals surface area contributed by atoms with E-state index in [-0.39, 0.29) is 25.8 Å². The van der Waals surface area contributed by atoms with E-state index in [2.05, 4.69) is 26.3 Å². The minimum atomic E-state index is -1.57. The minimum Gasteiger partial charge on any atom is -0.391 e. The van der Waals surface area contributed by atoms with Crippen LogP contribution in [0.15, 0.2) is 134 Å². The third-order valence-electron chi connectivity index (χ3n) is 12.6. The van der Waals surface area contributed by atoms with Crippen LogP contribution in [0.5, 0.6) is 0 Å². The molecule has 68 heavy (non-hydrogen) atoms. The summed E-state index contributed by atoms with van der Waals surface area (Å²) in [4.78, 5) is 94.2. The predicted molar refractivity (Wildman–Crippen MR) is 260 cm³/mol. The van der Waals surface area contributed by atoms with Crippen molar-refractivity contribution >= 4 is 57.1 Å². The molecule has 1 aliphatic rings. The summed E-state index contributed by atoms with van der Waals surface area (Å²) in [5.74, 6) is -4.12. The first-order valence-corrected chi connectivity index (χ1v) is 23.2. The Hall–Kier alpha value is -7.36. The maximum Gasteiger partial charge on any atom is 0.246 e. The van der Waals surface area contributed by atoms with Gasteiger partial charge in [-0.1, -0.05) is 121 Å². The van der Waals surface area contributed by atoms with Crippen molar-refractivity contribution in [1.29, 1.82) is 0 Å². The predicted octanol–water partition coefficient (Wildman–Crippen LogP) is 4.19. The average molecular weight is 921 g/mol. The van der Waals surface area contributed by atoms with Crippen LogP contribution in [0, 0.1) is 0 Å². The van der Waals surface area contributed by atoms with Gasteiger partial charge in [-0.3, -0.25) is 28.8 Å². The highest BCUT2D eigenvalue weighted by molar-refractivity contribution is 5.98. The molecule has 1 aromatic heterocycles. The van der Waals surface area contributed by atoms with Crippen LogP contribution < -0.4 is 27.0 Å². The lowest BCUT2D eigenvalue weighted by Crippen LogP contribution is -2.62. The fourth-order valence-electron chi connectivity index (χ4n) is 8.78. The highest BCUT2D eigenvalue weighted by atomic mass is 16.3. The van der Waals surface area contributed by atoms with Gasteiger partial charge in [-0.25, -0.2) is 0 Å². The number of unbranched alkanes of at least 4 members (excludes halogenated alkanes) is 1. The van der Waals surface area contributed by atoms with Crippen molar-refractivity contribution in [3.05, 3.63) is 156 Å². The van der Waals surface area contributed by atoms with Gasteiger partial charge >= 0.3 is 0 Å². The van der Waals surface area contributed by atoms with E-state index in [0.717, 1.165) is 32.8 Å². The lowest BCUT2D eigenvalue weighted by atomic mass is 10.0. The van der Waals surface area contributed by atoms with E-state index in [9.17, 15) is 24.3 Å². The number of aromatic amines is 1. The Labute approximate surface area is 395 Å². The molecule has 0 spiro atoms. The number of benzene rings is 5. The Kier molecular flexibility index (Phi) is 16.4. The molecule has 1 aliphatic heterocycles. The van der Waals surface area contributed by atoms with Crippen LogP contribution in [-0.4, -0.2) is 105 Å². The molecule has 8 N–H and O–H groups in total. The third kappa shape index (κ3) is 12.1. The van der Waals surface area contributed by atoms with Crippen molar-refractivity contribution in [1.82, 2.24) is 36.1 Å². The first-order chi connectivity index (χ1) is 32.9. The molecule has 7 rings (SSSR count). The molecule has 6 atom stereocenters. The van der Waals surface area contributed by atoms with Crippen LogP contribution in [0.1, 0.15) is 61.4 Å². The zero-order valence-electron chi connectivity index (χ0n) is 38.4. The van der Waals surface area contributed by atoms with E-state index in [1.807, 2.05) is 103 Å². The number of nitrogens with two attached hydrogens (primary N) is 1. The molecule has 5 aromatic carbocycles. The number of H-pyrrole nitrogens is 1. The Balaban J connectivity index is 1.34. The molecule has 15 heteroatoms. The smallest absolute Gasteiger partial charge is 0.246 e. The first kappa shape index (κ1) is 48.6. The normalized spacial score (nSPS) is 20.2. The maximum absolute atomic E-state index is 15.3. The number of carbonyl (C=O) groups is 6. The van der Waals surface area contributed by atoms with Crippen LogP contribution in [-0.2, 0) is 48.2 Å². The molecule has 1 fully saturated rings. The number of aliphatic hydroxyl groups is 1. The number of carbonyl (C=O) groups excluding carboxylic acids is 6. The number of amides is 6. The van der Waals surface area contributed by atoms with Gasteiger partial charge in [0.05, 0.1) is 18.7 Å². The molecule has 0 bridgehead atoms. The number of rotatable bonds is 13. The standard InChI is InChI=1S/C53H60N8O7/c1-34(37-18-7-4-8-19-37)61-33-48(64)60(31-39-22-15-21-38-20-9-10-23-41(38)39)32-47(63)56-45(29-40-30-55-43-25-12-11-24-42(40)43)51(66)57-44(26-13-14-27-54)50(65)59-49(35(2)62)52(67)58-46(53(61)68)28-36-16-5-3-6-17-36/h3-12,15-25,30,34-35,44-46,49,55,62H,13-14,26-29,31-33,54H2,1-2H3,(H,56,63)(H,57,66)(H,58,67)(H,59,65)/t34-,35+,44-,45+,46-,49-/m0/s1. The number of aromatic nitrogens is 1. The van der Waals surface area contributed by atoms with Gasteiger partial charge in [0.15, 0.2) is 0 Å². The van der Waals surface area contributed by atoms with Gasteiger partial charge in [-0.15, -0.1) is 0 Å². The maximum atomic E-state index is 15.3. The fraction of sp³-hybridized carbons (Fsp3) is 0.321. The molecule has 6 aromatic rings. The third-order valence-corrected chi connectivity index (χ3v) is 12.6. The van der Waals surface area contributed by atoms with Crippen molar-refractivity contribution in [2.75, 3.05) is 19.6 Å². The number of nitrogens with one attached hydrogen (secondary N) is 5. The number of para-hydroxylation sites is 1. The van der Waals surface area contributed by atoms with Crippen molar-refractivity contribution < 1.29 is 33.9 Å². The first-order valence-electron chi connectivity index (χ1n) is 23.2. The van der Waals surface area contributed by atoms with E-state index >= 15 is 9.59 Å². The van der Waals surface area contributed by atoms with E-state index in [1.165, 1.54) is 16.7 Å². The summed E-state index contributed by atoms with van der Waals surface area (Å²) in [7, 11) is 0. The lowest BCUT2D eigenvalue weighted by Gasteiger charge is -2.35. The molecule has 0 unspecified atom stereocenters. The largest absolute Gasteiger partial charge is 0.391 e. The number of aliphatic hydroxyl groups excluding tert-OH is 1. The summed E-state index contributed by atoms with van der Waals surface area (Å²) in [6.45, 7) is 2.42. The second-order valence-electron chi connectivity index (χ2n) is 17.4. The Morgan fingerprint density at radius 2 is 1.28 bits per heavy atom. The van der Waals surface area contributed by atoms with Crippen LogP contribution in [0.25, 0.3) is 21.7 Å². The highest BCUT2D eigenvalue weighted by Gasteiger charge is 2.37. The van der Waals surface area contributed by atoms with Crippen molar-refractivity contribution in [2.45, 2.75) is 88.8 Å². The quantitative estimate of drug-likeness (QED) is 0.0832. The molecular formula is C53H60N8O7. The average Bonchev–Trinajstić information content (AvgIpc) is 3.76. The Morgan fingerprint density at radius 3 is 2.01 bits per heavy atom. The van der Waals surface area contributed by atoms with E-state index < -0.39 is 84.8 Å². The summed E-state index contributed by atoms with van der Waals surface area (Å²) in [6, 6.07) is 33.1. The van der Waals surface area contributed by atoms with Gasteiger partial charge < -0.3 is 46.9 Å². The summed E-state index contributed by atoms with van der Waals surface area (Å²) in [5.41, 5.74) is 9.51. The second kappa shape index (κ2) is 22.9. The SMILES string of the molecule is C[C@@H](O)[C@@H]1NC(=O)[C@H](CCCCN)NC(=O)[C@@H](Cc2c[nH]c3ccccc23)NC(=O)CN(Cc2cccc3ccccc23)C(=O)CN([C@@H](C)c2ccccc2)C(=O)[C@H](Cc2ccccc2)NC1=O. The van der Waals surface area contributed by atoms with Gasteiger partial charge in [0.1, 0.15) is 30.7 Å². The molecule has 2 heterocycles. The van der Waals surface area contributed by atoms with E-state index in [0.29, 0.717) is 30.5 Å². The van der Waals surface area contributed by atoms with Gasteiger partial charge in [-0.2, -0.15) is 0 Å². The van der Waals surface area contributed by atoms with Crippen molar-refractivity contribution in [3.63, 3.8) is 0 Å². The van der Waals surface area contributed by atoms with Crippen LogP contribution in [0.4, 0.5) is 0 Å². The number of fused-ring (bicyclic) bond motifs is 2. The van der Waals surface area contributed by atoms with Gasteiger partial charge in [-0.05, 0) is 78.7 Å². The zero-order valence-corrected chi connectivity index (χ0v) is 38.4. The number of nitrogens with zero attached hydrogens (tertiary/aromatic N) is 2. The number of hydrogen-bond acceptors (Lipinski definition) is 8. The van der Waals surface area contributed by atoms with Crippen molar-refractivity contribution in [3.8, 4) is 0 Å². The molecule has 0 saturated carbocycles. The second-order valence-corrected chi connectivity index (χ2v) is 17.4. The number of hydrogen-bond donors (Lipinski definition) is 7. The summed E-state index contributed by atoms with van der Waals surface area (Å²) in [6.07, 6.45) is 1.38. The molecule has 354 valence electrons. The molecule has 0 aliphatic carbocycles. The van der Waals surface area contributed by atoms with Crippen LogP contribution in [0.3, 0.4) is 0 Å². The van der Waals surface area contributed by atoms with Crippen LogP contribution in [0.2, 0.25) is 0 Å². The van der Waals surface area contributed by atoms with Gasteiger partial charge in [0, 0.05) is 36.5 Å². The van der Waals surface area contributed by atoms with Crippen molar-refractivity contribution in [2.24, 2.45) is 5.73 Å². The molecular weight excluding hydrogens is 861 g/mol. The lowest BCUT2D eigenvalue weighted by molar-refractivity contribution is -0.146. The van der Waals surface area contributed by atoms with E-state index in [4.69, 9.17) is 5.73 Å². The molecule has 15 nitrogen and oxygen atoms in total. The Bertz CT molecular complexity index is 2700. The summed E-state index contributed by atoms with van der Waals surface area (Å²) < 4.78 is 0. The molecule has 1 saturated heterocycles. The minimum absolute atomic E-state index is 0.00416. The van der Waals surface area contributed by atoms with E-state index in [1.54, 1.807) is 37.4 Å². The summed E-state index contributed by atoms with van der Waals surface area (Å²) >= 11 is 0. The Morgan fingerprint density at radius 1 is 0.632 bits per heavy atom.